The van der Waals surface area contributed by atoms with Gasteiger partial charge in [0, 0.05) is 26.7 Å². The standard InChI is InChI=1S/C19H20FN3O5/c1-12(18(24)21-11-13-4-7-15(20)8-5-13)28-19(25)14-6-9-16(22(2)3)17(10-14)23(26)27/h4-10,12H,11H2,1-3H3,(H,21,24). The molecule has 0 heterocycles. The maximum absolute atomic E-state index is 12.9. The number of amides is 1. The topological polar surface area (TPSA) is 102 Å². The summed E-state index contributed by atoms with van der Waals surface area (Å²) in [5.74, 6) is -1.78. The quantitative estimate of drug-likeness (QED) is 0.444. The molecular formula is C19H20FN3O5. The van der Waals surface area contributed by atoms with Gasteiger partial charge in [-0.3, -0.25) is 14.9 Å². The van der Waals surface area contributed by atoms with E-state index in [4.69, 9.17) is 4.74 Å². The molecule has 0 aromatic heterocycles. The molecular weight excluding hydrogens is 369 g/mol. The van der Waals surface area contributed by atoms with Crippen molar-refractivity contribution in [3.8, 4) is 0 Å². The number of nitrogens with one attached hydrogen (secondary N) is 1. The summed E-state index contributed by atoms with van der Waals surface area (Å²) in [5, 5.41) is 13.8. The number of benzene rings is 2. The van der Waals surface area contributed by atoms with Crippen LogP contribution in [0.3, 0.4) is 0 Å². The number of nitrogens with zero attached hydrogens (tertiary/aromatic N) is 2. The monoisotopic (exact) mass is 389 g/mol. The smallest absolute Gasteiger partial charge is 0.339 e. The number of carbonyl (C=O) groups excluding carboxylic acids is 2. The lowest BCUT2D eigenvalue weighted by Crippen LogP contribution is -2.35. The first-order valence-corrected chi connectivity index (χ1v) is 8.38. The first-order chi connectivity index (χ1) is 13.2. The number of nitro benzene ring substituents is 1. The Morgan fingerprint density at radius 1 is 1.21 bits per heavy atom. The molecule has 0 spiro atoms. The molecule has 1 unspecified atom stereocenters. The predicted molar refractivity (Wildman–Crippen MR) is 101 cm³/mol. The second kappa shape index (κ2) is 8.94. The van der Waals surface area contributed by atoms with Crippen LogP contribution in [0.25, 0.3) is 0 Å². The molecule has 0 radical (unpaired) electrons. The molecule has 0 saturated heterocycles. The third kappa shape index (κ3) is 5.26. The summed E-state index contributed by atoms with van der Waals surface area (Å²) >= 11 is 0. The Morgan fingerprint density at radius 2 is 1.86 bits per heavy atom. The largest absolute Gasteiger partial charge is 0.449 e. The summed E-state index contributed by atoms with van der Waals surface area (Å²) in [7, 11) is 3.29. The predicted octanol–water partition coefficient (Wildman–Crippen LogP) is 2.66. The van der Waals surface area contributed by atoms with Crippen molar-refractivity contribution in [2.24, 2.45) is 0 Å². The summed E-state index contributed by atoms with van der Waals surface area (Å²) in [5.41, 5.74) is 0.748. The van der Waals surface area contributed by atoms with Gasteiger partial charge in [0.25, 0.3) is 11.6 Å². The van der Waals surface area contributed by atoms with E-state index in [9.17, 15) is 24.1 Å². The van der Waals surface area contributed by atoms with Gasteiger partial charge in [-0.2, -0.15) is 0 Å². The highest BCUT2D eigenvalue weighted by Gasteiger charge is 2.23. The van der Waals surface area contributed by atoms with E-state index >= 15 is 0 Å². The molecule has 0 saturated carbocycles. The first-order valence-electron chi connectivity index (χ1n) is 8.38. The number of rotatable bonds is 7. The number of ether oxygens (including phenoxy) is 1. The van der Waals surface area contributed by atoms with Crippen molar-refractivity contribution in [2.75, 3.05) is 19.0 Å². The zero-order valence-electron chi connectivity index (χ0n) is 15.6. The zero-order valence-corrected chi connectivity index (χ0v) is 15.6. The molecule has 0 aliphatic heterocycles. The van der Waals surface area contributed by atoms with Crippen LogP contribution >= 0.6 is 0 Å². The van der Waals surface area contributed by atoms with E-state index in [1.54, 1.807) is 19.0 Å². The van der Waals surface area contributed by atoms with Crippen LogP contribution in [0.1, 0.15) is 22.8 Å². The molecule has 2 rings (SSSR count). The summed E-state index contributed by atoms with van der Waals surface area (Å²) in [4.78, 5) is 36.5. The van der Waals surface area contributed by atoms with Crippen molar-refractivity contribution in [1.29, 1.82) is 0 Å². The van der Waals surface area contributed by atoms with E-state index in [2.05, 4.69) is 5.32 Å². The maximum Gasteiger partial charge on any atom is 0.339 e. The molecule has 2 aromatic carbocycles. The van der Waals surface area contributed by atoms with Crippen molar-refractivity contribution < 1.29 is 23.6 Å². The lowest BCUT2D eigenvalue weighted by atomic mass is 10.1. The number of carbonyl (C=O) groups is 2. The van der Waals surface area contributed by atoms with Gasteiger partial charge in [-0.1, -0.05) is 12.1 Å². The van der Waals surface area contributed by atoms with E-state index in [-0.39, 0.29) is 23.6 Å². The summed E-state index contributed by atoms with van der Waals surface area (Å²) in [6.07, 6.45) is -1.11. The van der Waals surface area contributed by atoms with E-state index < -0.39 is 22.9 Å². The molecule has 8 nitrogen and oxygen atoms in total. The fraction of sp³-hybridized carbons (Fsp3) is 0.263. The molecule has 2 aromatic rings. The van der Waals surface area contributed by atoms with Gasteiger partial charge in [-0.05, 0) is 36.8 Å². The average molecular weight is 389 g/mol. The molecule has 1 amide bonds. The molecule has 0 aliphatic carbocycles. The van der Waals surface area contributed by atoms with Crippen LogP contribution in [0.5, 0.6) is 0 Å². The fourth-order valence-corrected chi connectivity index (χ4v) is 2.39. The van der Waals surface area contributed by atoms with Crippen LogP contribution < -0.4 is 10.2 Å². The Labute approximate surface area is 161 Å². The van der Waals surface area contributed by atoms with Gasteiger partial charge in [0.2, 0.25) is 0 Å². The Bertz CT molecular complexity index is 884. The van der Waals surface area contributed by atoms with Crippen molar-refractivity contribution in [1.82, 2.24) is 5.32 Å². The van der Waals surface area contributed by atoms with Gasteiger partial charge < -0.3 is 15.0 Å². The number of hydrogen-bond acceptors (Lipinski definition) is 6. The molecule has 0 fully saturated rings. The maximum atomic E-state index is 12.9. The van der Waals surface area contributed by atoms with Gasteiger partial charge in [-0.25, -0.2) is 9.18 Å². The molecule has 9 heteroatoms. The summed E-state index contributed by atoms with van der Waals surface area (Å²) in [6.45, 7) is 1.53. The first kappa shape index (κ1) is 20.8. The normalized spacial score (nSPS) is 11.4. The van der Waals surface area contributed by atoms with E-state index in [1.165, 1.54) is 43.3 Å². The minimum absolute atomic E-state index is 0.0320. The minimum atomic E-state index is -1.11. The molecule has 28 heavy (non-hydrogen) atoms. The Kier molecular flexibility index (Phi) is 6.64. The zero-order chi connectivity index (χ0) is 20.8. The van der Waals surface area contributed by atoms with Crippen LogP contribution in [0.4, 0.5) is 15.8 Å². The van der Waals surface area contributed by atoms with Gasteiger partial charge in [0.05, 0.1) is 10.5 Å². The number of halogens is 1. The van der Waals surface area contributed by atoms with Crippen LogP contribution in [0.15, 0.2) is 42.5 Å². The highest BCUT2D eigenvalue weighted by molar-refractivity contribution is 5.93. The van der Waals surface area contributed by atoms with Gasteiger partial charge in [-0.15, -0.1) is 0 Å². The second-order valence-electron chi connectivity index (χ2n) is 6.25. The van der Waals surface area contributed by atoms with E-state index in [1.807, 2.05) is 0 Å². The molecule has 0 aliphatic rings. The Balaban J connectivity index is 2.01. The third-order valence-electron chi connectivity index (χ3n) is 3.92. The minimum Gasteiger partial charge on any atom is -0.449 e. The van der Waals surface area contributed by atoms with Crippen molar-refractivity contribution in [2.45, 2.75) is 19.6 Å². The highest BCUT2D eigenvalue weighted by Crippen LogP contribution is 2.28. The average Bonchev–Trinajstić information content (AvgIpc) is 2.66. The summed E-state index contributed by atoms with van der Waals surface area (Å²) < 4.78 is 18.0. The Hall–Kier alpha value is -3.49. The third-order valence-corrected chi connectivity index (χ3v) is 3.92. The lowest BCUT2D eigenvalue weighted by molar-refractivity contribution is -0.384. The SMILES string of the molecule is CC(OC(=O)c1ccc(N(C)C)c([N+](=O)[O-])c1)C(=O)NCc1ccc(F)cc1. The van der Waals surface area contributed by atoms with E-state index in [0.29, 0.717) is 11.3 Å². The number of nitro groups is 1. The number of anilines is 1. The van der Waals surface area contributed by atoms with Gasteiger partial charge in [0.1, 0.15) is 11.5 Å². The number of hydrogen-bond donors (Lipinski definition) is 1. The van der Waals surface area contributed by atoms with E-state index in [0.717, 1.165) is 6.07 Å². The molecule has 1 atom stereocenters. The van der Waals surface area contributed by atoms with Crippen LogP contribution in [-0.4, -0.2) is 37.0 Å². The van der Waals surface area contributed by atoms with Gasteiger partial charge >= 0.3 is 5.97 Å². The van der Waals surface area contributed by atoms with Crippen LogP contribution in [0.2, 0.25) is 0 Å². The van der Waals surface area contributed by atoms with Crippen molar-refractivity contribution in [3.63, 3.8) is 0 Å². The second-order valence-corrected chi connectivity index (χ2v) is 6.25. The molecule has 148 valence electrons. The lowest BCUT2D eigenvalue weighted by Gasteiger charge is -2.15. The summed E-state index contributed by atoms with van der Waals surface area (Å²) in [6, 6.07) is 9.54. The molecule has 0 bridgehead atoms. The highest BCUT2D eigenvalue weighted by atomic mass is 19.1. The van der Waals surface area contributed by atoms with Crippen molar-refractivity contribution in [3.05, 3.63) is 69.5 Å². The number of esters is 1. The van der Waals surface area contributed by atoms with Gasteiger partial charge in [0.15, 0.2) is 6.10 Å². The Morgan fingerprint density at radius 3 is 2.43 bits per heavy atom. The van der Waals surface area contributed by atoms with Crippen LogP contribution in [0, 0.1) is 15.9 Å². The van der Waals surface area contributed by atoms with Crippen LogP contribution in [-0.2, 0) is 16.1 Å². The molecule has 1 N–H and O–H groups in total. The fourth-order valence-electron chi connectivity index (χ4n) is 2.39. The van der Waals surface area contributed by atoms with Crippen molar-refractivity contribution >= 4 is 23.3 Å².